The van der Waals surface area contributed by atoms with Crippen LogP contribution in [0.2, 0.25) is 0 Å². The number of para-hydroxylation sites is 4. The fourth-order valence-corrected chi connectivity index (χ4v) is 10.0. The highest BCUT2D eigenvalue weighted by Crippen LogP contribution is 2.54. The van der Waals surface area contributed by atoms with Crippen LogP contribution < -0.4 is 15.5 Å². The summed E-state index contributed by atoms with van der Waals surface area (Å²) in [4.78, 5) is 12.6. The molecule has 284 valence electrons. The first kappa shape index (κ1) is 34.0. The number of allylic oxidation sites excluding steroid dienone is 5. The molecule has 4 N–H and O–H groups in total. The molecule has 0 fully saturated rings. The monoisotopic (exact) mass is 765 g/mol. The molecule has 7 heteroatoms. The highest BCUT2D eigenvalue weighted by atomic mass is 15.4. The minimum absolute atomic E-state index is 0.00562. The molecule has 0 spiro atoms. The maximum absolute atomic E-state index is 5.40. The van der Waals surface area contributed by atoms with E-state index in [9.17, 15) is 0 Å². The van der Waals surface area contributed by atoms with Crippen molar-refractivity contribution in [2.75, 3.05) is 4.90 Å². The van der Waals surface area contributed by atoms with Gasteiger partial charge in [-0.2, -0.15) is 4.99 Å². The van der Waals surface area contributed by atoms with Gasteiger partial charge in [0.05, 0.1) is 51.3 Å². The molecule has 59 heavy (non-hydrogen) atoms. The molecule has 0 saturated carbocycles. The van der Waals surface area contributed by atoms with Gasteiger partial charge in [-0.3, -0.25) is 10.3 Å². The number of amidine groups is 1. The second kappa shape index (κ2) is 13.8. The second-order valence-corrected chi connectivity index (χ2v) is 16.0. The SMILES string of the molecule is C1=CCC(C2N=C(C3=CCCC=C3)[NH2+]C(n3c4ccc(N5c6ccccc6-c6c(n(-c7ccccc7)c7ccccc67)-c6ccccc65)cc4c4ccncc43)[NH2+]2)C=C1. The third kappa shape index (κ3) is 5.43. The van der Waals surface area contributed by atoms with E-state index in [2.05, 4.69) is 195 Å². The fourth-order valence-electron chi connectivity index (χ4n) is 10.0. The number of nitrogens with zero attached hydrogens (tertiary/aromatic N) is 5. The average molecular weight is 766 g/mol. The molecular formula is C52H43N7+2. The lowest BCUT2D eigenvalue weighted by atomic mass is 9.97. The van der Waals surface area contributed by atoms with Crippen molar-refractivity contribution < 1.29 is 10.6 Å². The van der Waals surface area contributed by atoms with E-state index >= 15 is 0 Å². The molecule has 5 heterocycles. The number of hydrogen-bond donors (Lipinski definition) is 2. The molecule has 0 amide bonds. The third-order valence-corrected chi connectivity index (χ3v) is 12.6. The van der Waals surface area contributed by atoms with Crippen molar-refractivity contribution in [3.63, 3.8) is 0 Å². The van der Waals surface area contributed by atoms with Gasteiger partial charge in [0.25, 0.3) is 0 Å². The lowest BCUT2D eigenvalue weighted by Gasteiger charge is -2.30. The Morgan fingerprint density at radius 1 is 0.644 bits per heavy atom. The van der Waals surface area contributed by atoms with Gasteiger partial charge in [0, 0.05) is 50.4 Å². The molecule has 5 aromatic carbocycles. The molecule has 3 unspecified atom stereocenters. The Kier molecular flexibility index (Phi) is 7.96. The van der Waals surface area contributed by atoms with Gasteiger partial charge in [-0.15, -0.1) is 0 Å². The number of fused-ring (bicyclic) bond motifs is 10. The van der Waals surface area contributed by atoms with E-state index in [1.54, 1.807) is 0 Å². The van der Waals surface area contributed by atoms with E-state index in [4.69, 9.17) is 9.98 Å². The number of quaternary nitrogens is 2. The zero-order chi connectivity index (χ0) is 38.9. The van der Waals surface area contributed by atoms with Gasteiger partial charge >= 0.3 is 6.29 Å². The maximum atomic E-state index is 5.40. The molecule has 0 radical (unpaired) electrons. The summed E-state index contributed by atoms with van der Waals surface area (Å²) in [6, 6.07) is 46.7. The minimum Gasteiger partial charge on any atom is -0.309 e. The number of nitrogens with two attached hydrogens (primary N) is 2. The Morgan fingerprint density at radius 2 is 1.46 bits per heavy atom. The van der Waals surface area contributed by atoms with Crippen molar-refractivity contribution in [3.05, 3.63) is 188 Å². The highest BCUT2D eigenvalue weighted by molar-refractivity contribution is 6.14. The van der Waals surface area contributed by atoms with Gasteiger partial charge in [0.2, 0.25) is 5.84 Å². The summed E-state index contributed by atoms with van der Waals surface area (Å²) in [5.41, 5.74) is 14.1. The van der Waals surface area contributed by atoms with Crippen molar-refractivity contribution in [2.45, 2.75) is 31.7 Å². The predicted molar refractivity (Wildman–Crippen MR) is 240 cm³/mol. The molecule has 0 saturated heterocycles. The summed E-state index contributed by atoms with van der Waals surface area (Å²) >= 11 is 0. The van der Waals surface area contributed by atoms with Crippen molar-refractivity contribution in [2.24, 2.45) is 10.9 Å². The number of hydrogen-bond acceptors (Lipinski definition) is 3. The number of pyridine rings is 1. The molecule has 12 rings (SSSR count). The summed E-state index contributed by atoms with van der Waals surface area (Å²) in [6.07, 6.45) is 23.0. The molecular weight excluding hydrogens is 723 g/mol. The molecule has 3 aromatic heterocycles. The summed E-state index contributed by atoms with van der Waals surface area (Å²) in [7, 11) is 0. The Hall–Kier alpha value is -7.06. The van der Waals surface area contributed by atoms with E-state index in [0.717, 1.165) is 53.4 Å². The van der Waals surface area contributed by atoms with Crippen molar-refractivity contribution in [3.8, 4) is 28.1 Å². The van der Waals surface area contributed by atoms with Crippen molar-refractivity contribution in [1.82, 2.24) is 14.1 Å². The van der Waals surface area contributed by atoms with Crippen LogP contribution in [-0.4, -0.2) is 26.1 Å². The molecule has 8 aromatic rings. The Bertz CT molecular complexity index is 3120. The second-order valence-electron chi connectivity index (χ2n) is 16.0. The first-order chi connectivity index (χ1) is 29.3. The topological polar surface area (TPSA) is 71.6 Å². The van der Waals surface area contributed by atoms with Crippen LogP contribution in [0.4, 0.5) is 17.1 Å². The number of aliphatic imine (C=N–C) groups is 1. The van der Waals surface area contributed by atoms with Gasteiger partial charge in [0.1, 0.15) is 0 Å². The van der Waals surface area contributed by atoms with E-state index in [1.807, 2.05) is 12.4 Å². The van der Waals surface area contributed by atoms with Crippen LogP contribution in [-0.2, 0) is 0 Å². The molecule has 7 nitrogen and oxygen atoms in total. The molecule has 2 aliphatic heterocycles. The highest BCUT2D eigenvalue weighted by Gasteiger charge is 2.38. The smallest absolute Gasteiger partial charge is 0.305 e. The number of anilines is 3. The van der Waals surface area contributed by atoms with Gasteiger partial charge in [-0.05, 0) is 73.9 Å². The summed E-state index contributed by atoms with van der Waals surface area (Å²) in [5, 5.41) is 8.45. The van der Waals surface area contributed by atoms with Crippen molar-refractivity contribution >= 4 is 55.6 Å². The predicted octanol–water partition coefficient (Wildman–Crippen LogP) is 9.98. The van der Waals surface area contributed by atoms with E-state index in [1.165, 1.54) is 55.1 Å². The van der Waals surface area contributed by atoms with Gasteiger partial charge < -0.3 is 9.47 Å². The summed E-state index contributed by atoms with van der Waals surface area (Å²) in [6.45, 7) is 0. The normalized spacial score (nSPS) is 19.7. The average Bonchev–Trinajstić information content (AvgIpc) is 3.79. The quantitative estimate of drug-likeness (QED) is 0.183. The minimum atomic E-state index is -0.00562. The van der Waals surface area contributed by atoms with Crippen LogP contribution in [0.3, 0.4) is 0 Å². The lowest BCUT2D eigenvalue weighted by Crippen LogP contribution is -3.14. The van der Waals surface area contributed by atoms with Crippen LogP contribution in [0.15, 0.2) is 193 Å². The van der Waals surface area contributed by atoms with Crippen LogP contribution in [0.25, 0.3) is 60.8 Å². The van der Waals surface area contributed by atoms with E-state index in [-0.39, 0.29) is 12.5 Å². The molecule has 2 aliphatic carbocycles. The van der Waals surface area contributed by atoms with Crippen LogP contribution in [0, 0.1) is 5.92 Å². The van der Waals surface area contributed by atoms with E-state index in [0.29, 0.717) is 5.92 Å². The standard InChI is InChI=1S/C52H41N7/c1-4-16-34(17-5-1)50-54-51(35-18-6-2-7-19-35)56-52(55-50)59-46-29-28-37(32-42(46)38-30-31-53-33-47(38)59)57-43-25-13-10-22-39(43)48-40-23-11-14-26-44(40)58(36-20-8-3-9-21-36)49(48)41-24-12-15-27-45(41)57/h1,3-6,8-16,18-34,50,52,55H,2,7,17H2,(H,54,56)/p+2. The van der Waals surface area contributed by atoms with Gasteiger partial charge in [0.15, 0.2) is 6.17 Å². The number of aromatic nitrogens is 3. The van der Waals surface area contributed by atoms with Gasteiger partial charge in [-0.1, -0.05) is 115 Å². The number of benzene rings is 5. The third-order valence-electron chi connectivity index (χ3n) is 12.6. The maximum Gasteiger partial charge on any atom is 0.305 e. The number of rotatable bonds is 5. The Balaban J connectivity index is 1.05. The Morgan fingerprint density at radius 3 is 2.31 bits per heavy atom. The lowest BCUT2D eigenvalue weighted by molar-refractivity contribution is -0.914. The molecule has 3 atom stereocenters. The summed E-state index contributed by atoms with van der Waals surface area (Å²) < 4.78 is 4.95. The van der Waals surface area contributed by atoms with Crippen LogP contribution >= 0.6 is 0 Å². The van der Waals surface area contributed by atoms with Gasteiger partial charge in [-0.25, -0.2) is 9.88 Å². The summed E-state index contributed by atoms with van der Waals surface area (Å²) in [5.74, 6) is 1.40. The molecule has 4 aliphatic rings. The van der Waals surface area contributed by atoms with Crippen molar-refractivity contribution in [1.29, 1.82) is 0 Å². The zero-order valence-electron chi connectivity index (χ0n) is 32.6. The first-order valence-electron chi connectivity index (χ1n) is 20.8. The fraction of sp³-hybridized carbons (Fsp3) is 0.115. The largest absolute Gasteiger partial charge is 0.309 e. The Labute approximate surface area is 342 Å². The molecule has 0 bridgehead atoms. The van der Waals surface area contributed by atoms with E-state index < -0.39 is 0 Å². The van der Waals surface area contributed by atoms with Crippen LogP contribution in [0.1, 0.15) is 25.6 Å². The van der Waals surface area contributed by atoms with Crippen LogP contribution in [0.5, 0.6) is 0 Å². The zero-order valence-corrected chi connectivity index (χ0v) is 32.6. The first-order valence-corrected chi connectivity index (χ1v) is 20.8.